The zero-order chi connectivity index (χ0) is 21.9. The van der Waals surface area contributed by atoms with E-state index >= 15 is 0 Å². The van der Waals surface area contributed by atoms with E-state index in [2.05, 4.69) is 10.3 Å². The molecular weight excluding hydrogens is 404 g/mol. The van der Waals surface area contributed by atoms with Gasteiger partial charge in [-0.25, -0.2) is 9.78 Å². The quantitative estimate of drug-likeness (QED) is 0.439. The minimum atomic E-state index is -0.544. The Morgan fingerprint density at radius 1 is 0.969 bits per heavy atom. The standard InChI is InChI=1S/C26H24N2O4/c29-23(27-18-10-2-1-3-11-18)16-31-26(30)20-13-7-9-17-8-6-12-19(24(17)20)25-28-21-14-4-5-15-22(21)32-25/h4-9,12-15,18H,1-3,10-11,16H2,(H,27,29). The van der Waals surface area contributed by atoms with Gasteiger partial charge in [-0.15, -0.1) is 0 Å². The molecule has 0 unspecified atom stereocenters. The summed E-state index contributed by atoms with van der Waals surface area (Å²) < 4.78 is 11.3. The molecule has 4 aromatic rings. The molecule has 3 aromatic carbocycles. The first-order valence-corrected chi connectivity index (χ1v) is 11.0. The minimum Gasteiger partial charge on any atom is -0.452 e. The summed E-state index contributed by atoms with van der Waals surface area (Å²) in [5, 5.41) is 4.53. The van der Waals surface area contributed by atoms with Crippen LogP contribution in [0, 0.1) is 0 Å². The number of amides is 1. The zero-order valence-corrected chi connectivity index (χ0v) is 17.7. The molecule has 0 bridgehead atoms. The van der Waals surface area contributed by atoms with Crippen LogP contribution in [0.2, 0.25) is 0 Å². The molecular formula is C26H24N2O4. The van der Waals surface area contributed by atoms with Crippen LogP contribution in [0.1, 0.15) is 42.5 Å². The van der Waals surface area contributed by atoms with Gasteiger partial charge in [0.1, 0.15) is 5.52 Å². The monoisotopic (exact) mass is 428 g/mol. The second-order valence-corrected chi connectivity index (χ2v) is 8.17. The van der Waals surface area contributed by atoms with Crippen molar-refractivity contribution in [1.82, 2.24) is 10.3 Å². The molecule has 32 heavy (non-hydrogen) atoms. The highest BCUT2D eigenvalue weighted by Gasteiger charge is 2.20. The number of rotatable bonds is 5. The van der Waals surface area contributed by atoms with Gasteiger partial charge in [-0.1, -0.05) is 55.7 Å². The number of carbonyl (C=O) groups excluding carboxylic acids is 2. The first-order valence-electron chi connectivity index (χ1n) is 11.0. The van der Waals surface area contributed by atoms with E-state index in [1.807, 2.05) is 48.5 Å². The number of carbonyl (C=O) groups is 2. The molecule has 5 rings (SSSR count). The lowest BCUT2D eigenvalue weighted by Crippen LogP contribution is -2.38. The molecule has 0 saturated heterocycles. The molecule has 6 nitrogen and oxygen atoms in total. The maximum atomic E-state index is 13.0. The van der Waals surface area contributed by atoms with E-state index in [0.717, 1.165) is 36.6 Å². The maximum Gasteiger partial charge on any atom is 0.339 e. The van der Waals surface area contributed by atoms with E-state index in [9.17, 15) is 9.59 Å². The van der Waals surface area contributed by atoms with E-state index in [1.54, 1.807) is 12.1 Å². The van der Waals surface area contributed by atoms with Crippen LogP contribution >= 0.6 is 0 Å². The van der Waals surface area contributed by atoms with Gasteiger partial charge in [0.25, 0.3) is 5.91 Å². The van der Waals surface area contributed by atoms with Crippen LogP contribution < -0.4 is 5.32 Å². The second kappa shape index (κ2) is 8.83. The third-order valence-electron chi connectivity index (χ3n) is 5.95. The number of hydrogen-bond acceptors (Lipinski definition) is 5. The number of nitrogens with one attached hydrogen (secondary N) is 1. The van der Waals surface area contributed by atoms with Crippen LogP contribution in [-0.2, 0) is 9.53 Å². The van der Waals surface area contributed by atoms with Gasteiger partial charge in [0.15, 0.2) is 12.2 Å². The van der Waals surface area contributed by atoms with Crippen LogP contribution in [0.25, 0.3) is 33.3 Å². The molecule has 1 saturated carbocycles. The van der Waals surface area contributed by atoms with Crippen molar-refractivity contribution in [3.63, 3.8) is 0 Å². The Morgan fingerprint density at radius 3 is 2.56 bits per heavy atom. The smallest absolute Gasteiger partial charge is 0.339 e. The molecule has 1 aromatic heterocycles. The van der Waals surface area contributed by atoms with Crippen molar-refractivity contribution in [2.24, 2.45) is 0 Å². The van der Waals surface area contributed by atoms with Crippen LogP contribution in [0.3, 0.4) is 0 Å². The van der Waals surface area contributed by atoms with Gasteiger partial charge < -0.3 is 14.5 Å². The predicted octanol–water partition coefficient (Wildman–Crippen LogP) is 5.25. The van der Waals surface area contributed by atoms with Gasteiger partial charge >= 0.3 is 5.97 Å². The van der Waals surface area contributed by atoms with Gasteiger partial charge in [0.2, 0.25) is 5.89 Å². The highest BCUT2D eigenvalue weighted by atomic mass is 16.5. The zero-order valence-electron chi connectivity index (χ0n) is 17.7. The summed E-state index contributed by atoms with van der Waals surface area (Å²) in [5.74, 6) is -0.366. The molecule has 1 amide bonds. The number of nitrogens with zero attached hydrogens (tertiary/aromatic N) is 1. The first-order chi connectivity index (χ1) is 15.7. The van der Waals surface area contributed by atoms with Gasteiger partial charge in [-0.3, -0.25) is 4.79 Å². The van der Waals surface area contributed by atoms with E-state index in [0.29, 0.717) is 28.0 Å². The molecule has 162 valence electrons. The van der Waals surface area contributed by atoms with Crippen molar-refractivity contribution in [3.05, 3.63) is 66.2 Å². The molecule has 1 aliphatic rings. The summed E-state index contributed by atoms with van der Waals surface area (Å²) in [7, 11) is 0. The van der Waals surface area contributed by atoms with Gasteiger partial charge in [0.05, 0.1) is 5.56 Å². The lowest BCUT2D eigenvalue weighted by atomic mass is 9.95. The van der Waals surface area contributed by atoms with Gasteiger partial charge in [-0.05, 0) is 42.5 Å². The van der Waals surface area contributed by atoms with Crippen LogP contribution in [0.4, 0.5) is 0 Å². The third-order valence-corrected chi connectivity index (χ3v) is 5.95. The van der Waals surface area contributed by atoms with Crippen molar-refractivity contribution in [2.45, 2.75) is 38.1 Å². The SMILES string of the molecule is O=C(COC(=O)c1cccc2cccc(-c3nc4ccccc4o3)c12)NC1CCCCC1. The Hall–Kier alpha value is -3.67. The van der Waals surface area contributed by atoms with Gasteiger partial charge in [-0.2, -0.15) is 0 Å². The topological polar surface area (TPSA) is 81.4 Å². The molecule has 1 aliphatic carbocycles. The molecule has 1 N–H and O–H groups in total. The lowest BCUT2D eigenvalue weighted by Gasteiger charge is -2.22. The molecule has 1 fully saturated rings. The number of esters is 1. The minimum absolute atomic E-state index is 0.179. The fourth-order valence-corrected chi connectivity index (χ4v) is 4.40. The lowest BCUT2D eigenvalue weighted by molar-refractivity contribution is -0.125. The van der Waals surface area contributed by atoms with Crippen molar-refractivity contribution >= 4 is 33.7 Å². The fraction of sp³-hybridized carbons (Fsp3) is 0.269. The summed E-state index contributed by atoms with van der Waals surface area (Å²) in [4.78, 5) is 29.8. The first kappa shape index (κ1) is 20.2. The van der Waals surface area contributed by atoms with E-state index in [-0.39, 0.29) is 18.6 Å². The Balaban J connectivity index is 1.41. The average molecular weight is 428 g/mol. The summed E-state index contributed by atoms with van der Waals surface area (Å²) in [6.45, 7) is -0.295. The van der Waals surface area contributed by atoms with Crippen LogP contribution in [0.5, 0.6) is 0 Å². The number of hydrogen-bond donors (Lipinski definition) is 1. The maximum absolute atomic E-state index is 13.0. The molecule has 0 spiro atoms. The largest absolute Gasteiger partial charge is 0.452 e. The van der Waals surface area contributed by atoms with Crippen molar-refractivity contribution in [2.75, 3.05) is 6.61 Å². The van der Waals surface area contributed by atoms with Crippen molar-refractivity contribution < 1.29 is 18.7 Å². The number of oxazole rings is 1. The summed E-state index contributed by atoms with van der Waals surface area (Å²) in [6.07, 6.45) is 5.43. The van der Waals surface area contributed by atoms with E-state index < -0.39 is 5.97 Å². The highest BCUT2D eigenvalue weighted by Crippen LogP contribution is 2.33. The number of benzene rings is 3. The average Bonchev–Trinajstić information content (AvgIpc) is 3.26. The van der Waals surface area contributed by atoms with Crippen LogP contribution in [-0.4, -0.2) is 29.5 Å². The van der Waals surface area contributed by atoms with Crippen LogP contribution in [0.15, 0.2) is 65.1 Å². The Labute approximate surface area is 185 Å². The summed E-state index contributed by atoms with van der Waals surface area (Å²) in [6, 6.07) is 18.8. The second-order valence-electron chi connectivity index (χ2n) is 8.17. The summed E-state index contributed by atoms with van der Waals surface area (Å²) >= 11 is 0. The number of ether oxygens (including phenoxy) is 1. The Kier molecular flexibility index (Phi) is 5.58. The number of aromatic nitrogens is 1. The normalized spacial score (nSPS) is 14.5. The van der Waals surface area contributed by atoms with E-state index in [1.165, 1.54) is 6.42 Å². The highest BCUT2D eigenvalue weighted by molar-refractivity contribution is 6.10. The van der Waals surface area contributed by atoms with Crippen molar-refractivity contribution in [1.29, 1.82) is 0 Å². The predicted molar refractivity (Wildman–Crippen MR) is 122 cm³/mol. The number of fused-ring (bicyclic) bond motifs is 2. The van der Waals surface area contributed by atoms with Crippen molar-refractivity contribution in [3.8, 4) is 11.5 Å². The molecule has 0 aliphatic heterocycles. The molecule has 0 atom stereocenters. The summed E-state index contributed by atoms with van der Waals surface area (Å²) in [5.41, 5.74) is 2.52. The Bertz CT molecular complexity index is 1250. The van der Waals surface area contributed by atoms with Gasteiger partial charge in [0, 0.05) is 17.0 Å². The molecule has 6 heteroatoms. The Morgan fingerprint density at radius 2 is 1.75 bits per heavy atom. The van der Waals surface area contributed by atoms with E-state index in [4.69, 9.17) is 9.15 Å². The number of para-hydroxylation sites is 2. The molecule has 1 heterocycles. The third kappa shape index (κ3) is 4.08. The molecule has 0 radical (unpaired) electrons. The fourth-order valence-electron chi connectivity index (χ4n) is 4.40.